The number of likely N-dealkylation sites (tertiary alicyclic amines) is 1. The summed E-state index contributed by atoms with van der Waals surface area (Å²) in [5.74, 6) is 0.834. The zero-order valence-corrected chi connectivity index (χ0v) is 16.1. The van der Waals surface area contributed by atoms with Gasteiger partial charge in [0.1, 0.15) is 0 Å². The highest BCUT2D eigenvalue weighted by Crippen LogP contribution is 2.36. The van der Waals surface area contributed by atoms with Crippen LogP contribution in [0.2, 0.25) is 0 Å². The molecule has 1 aliphatic heterocycles. The molecule has 0 bridgehead atoms. The van der Waals surface area contributed by atoms with Crippen LogP contribution in [0, 0.1) is 6.92 Å². The van der Waals surface area contributed by atoms with Gasteiger partial charge < -0.3 is 14.6 Å². The number of aryl methyl sites for hydroxylation is 1. The minimum Gasteiger partial charge on any atom is -0.416 e. The van der Waals surface area contributed by atoms with Crippen LogP contribution in [0.15, 0.2) is 21.8 Å². The second-order valence-corrected chi connectivity index (χ2v) is 8.61. The van der Waals surface area contributed by atoms with E-state index in [1.54, 1.807) is 6.92 Å². The third-order valence-electron chi connectivity index (χ3n) is 4.49. The lowest BCUT2D eigenvalue weighted by Crippen LogP contribution is -2.31. The normalized spacial score (nSPS) is 19.7. The van der Waals surface area contributed by atoms with E-state index in [4.69, 9.17) is 4.42 Å². The van der Waals surface area contributed by atoms with Gasteiger partial charge >= 0.3 is 0 Å². The van der Waals surface area contributed by atoms with Crippen molar-refractivity contribution in [1.82, 2.24) is 20.4 Å². The van der Waals surface area contributed by atoms with E-state index in [0.29, 0.717) is 17.2 Å². The molecule has 1 saturated heterocycles. The zero-order chi connectivity index (χ0) is 18.1. The van der Waals surface area contributed by atoms with Gasteiger partial charge in [-0.05, 0) is 37.8 Å². The molecule has 4 rings (SSSR count). The van der Waals surface area contributed by atoms with Gasteiger partial charge in [-0.25, -0.2) is 0 Å². The Hall–Kier alpha value is -1.87. The van der Waals surface area contributed by atoms with Gasteiger partial charge in [-0.2, -0.15) is 0 Å². The number of hydrogen-bond donors (Lipinski definition) is 1. The maximum absolute atomic E-state index is 12.6. The third kappa shape index (κ3) is 3.93. The molecule has 0 radical (unpaired) electrons. The van der Waals surface area contributed by atoms with Crippen molar-refractivity contribution in [3.05, 3.63) is 27.8 Å². The molecule has 0 spiro atoms. The molecule has 2 aromatic rings. The molecule has 1 aliphatic carbocycles. The highest BCUT2D eigenvalue weighted by atomic mass is 32.2. The van der Waals surface area contributed by atoms with Gasteiger partial charge in [0.15, 0.2) is 0 Å². The maximum Gasteiger partial charge on any atom is 0.277 e. The van der Waals surface area contributed by atoms with Gasteiger partial charge in [-0.1, -0.05) is 11.8 Å². The highest BCUT2D eigenvalue weighted by molar-refractivity contribution is 7.99. The second kappa shape index (κ2) is 7.40. The first-order valence-corrected chi connectivity index (χ1v) is 10.5. The van der Waals surface area contributed by atoms with Crippen molar-refractivity contribution < 1.29 is 14.0 Å². The van der Waals surface area contributed by atoms with E-state index in [0.717, 1.165) is 42.0 Å². The lowest BCUT2D eigenvalue weighted by atomic mass is 10.2. The standard InChI is InChI=1S/C17H20N4O3S2/c1-10-19-20-17(24-10)25-9-15(22)21-8-2-3-12(21)13-6-7-14(26-13)16(23)18-11-4-5-11/h6-7,11-12H,2-5,8-9H2,1H3,(H,18,23). The largest absolute Gasteiger partial charge is 0.416 e. The van der Waals surface area contributed by atoms with Crippen molar-refractivity contribution in [1.29, 1.82) is 0 Å². The van der Waals surface area contributed by atoms with Crippen LogP contribution >= 0.6 is 23.1 Å². The molecule has 2 fully saturated rings. The van der Waals surface area contributed by atoms with Gasteiger partial charge in [0.2, 0.25) is 11.8 Å². The summed E-state index contributed by atoms with van der Waals surface area (Å²) in [5.41, 5.74) is 0. The molecular formula is C17H20N4O3S2. The van der Waals surface area contributed by atoms with Crippen molar-refractivity contribution in [2.45, 2.75) is 49.9 Å². The van der Waals surface area contributed by atoms with Crippen molar-refractivity contribution in [3.63, 3.8) is 0 Å². The minimum absolute atomic E-state index is 0.00180. The molecule has 1 saturated carbocycles. The molecule has 3 heterocycles. The van der Waals surface area contributed by atoms with Crippen LogP contribution < -0.4 is 5.32 Å². The summed E-state index contributed by atoms with van der Waals surface area (Å²) >= 11 is 2.76. The molecule has 2 aromatic heterocycles. The van der Waals surface area contributed by atoms with Crippen molar-refractivity contribution in [3.8, 4) is 0 Å². The lowest BCUT2D eigenvalue weighted by molar-refractivity contribution is -0.129. The summed E-state index contributed by atoms with van der Waals surface area (Å²) in [6, 6.07) is 4.26. The van der Waals surface area contributed by atoms with Gasteiger partial charge in [-0.3, -0.25) is 9.59 Å². The average Bonchev–Trinajstić information content (AvgIpc) is 3.07. The van der Waals surface area contributed by atoms with Crippen molar-refractivity contribution >= 4 is 34.9 Å². The van der Waals surface area contributed by atoms with E-state index >= 15 is 0 Å². The molecule has 1 N–H and O–H groups in total. The fourth-order valence-electron chi connectivity index (χ4n) is 3.04. The maximum atomic E-state index is 12.6. The first-order valence-electron chi connectivity index (χ1n) is 8.73. The molecular weight excluding hydrogens is 372 g/mol. The first kappa shape index (κ1) is 17.5. The summed E-state index contributed by atoms with van der Waals surface area (Å²) in [4.78, 5) is 28.5. The van der Waals surface area contributed by atoms with Crippen molar-refractivity contribution in [2.75, 3.05) is 12.3 Å². The average molecular weight is 393 g/mol. The second-order valence-electron chi connectivity index (χ2n) is 6.57. The summed E-state index contributed by atoms with van der Waals surface area (Å²) < 4.78 is 5.30. The predicted molar refractivity (Wildman–Crippen MR) is 98.3 cm³/mol. The van der Waals surface area contributed by atoms with Gasteiger partial charge in [0.05, 0.1) is 16.7 Å². The molecule has 1 atom stereocenters. The van der Waals surface area contributed by atoms with Crippen LogP contribution in [0.1, 0.15) is 52.2 Å². The Bertz CT molecular complexity index is 815. The molecule has 2 amide bonds. The fourth-order valence-corrected chi connectivity index (χ4v) is 4.79. The topological polar surface area (TPSA) is 88.3 Å². The molecule has 1 unspecified atom stereocenters. The van der Waals surface area contributed by atoms with E-state index < -0.39 is 0 Å². The number of amides is 2. The van der Waals surface area contributed by atoms with Gasteiger partial charge in [0, 0.05) is 24.4 Å². The number of carbonyl (C=O) groups excluding carboxylic acids is 2. The van der Waals surface area contributed by atoms with Crippen LogP contribution in [-0.4, -0.2) is 45.3 Å². The Labute approximate surface area is 159 Å². The monoisotopic (exact) mass is 392 g/mol. The SMILES string of the molecule is Cc1nnc(SCC(=O)N2CCCC2c2ccc(C(=O)NC3CC3)s2)o1. The summed E-state index contributed by atoms with van der Waals surface area (Å²) in [6.07, 6.45) is 4.06. The van der Waals surface area contributed by atoms with E-state index in [-0.39, 0.29) is 23.6 Å². The molecule has 138 valence electrons. The van der Waals surface area contributed by atoms with Crippen LogP contribution in [0.3, 0.4) is 0 Å². The van der Waals surface area contributed by atoms with Crippen LogP contribution in [-0.2, 0) is 4.79 Å². The Morgan fingerprint density at radius 3 is 2.92 bits per heavy atom. The molecule has 7 nitrogen and oxygen atoms in total. The summed E-state index contributed by atoms with van der Waals surface area (Å²) in [7, 11) is 0. The van der Waals surface area contributed by atoms with Crippen LogP contribution in [0.4, 0.5) is 0 Å². The van der Waals surface area contributed by atoms with Crippen LogP contribution in [0.5, 0.6) is 0 Å². The first-order chi connectivity index (χ1) is 12.6. The number of aromatic nitrogens is 2. The Morgan fingerprint density at radius 2 is 2.19 bits per heavy atom. The van der Waals surface area contributed by atoms with Crippen molar-refractivity contribution in [2.24, 2.45) is 0 Å². The number of thiophene rings is 1. The van der Waals surface area contributed by atoms with Gasteiger partial charge in [0.25, 0.3) is 11.1 Å². The highest BCUT2D eigenvalue weighted by Gasteiger charge is 2.32. The predicted octanol–water partition coefficient (Wildman–Crippen LogP) is 2.79. The number of carbonyl (C=O) groups is 2. The summed E-state index contributed by atoms with van der Waals surface area (Å²) in [6.45, 7) is 2.47. The number of hydrogen-bond acceptors (Lipinski definition) is 7. The zero-order valence-electron chi connectivity index (χ0n) is 14.4. The Kier molecular flexibility index (Phi) is 4.99. The number of rotatable bonds is 6. The Balaban J connectivity index is 1.38. The lowest BCUT2D eigenvalue weighted by Gasteiger charge is -2.23. The van der Waals surface area contributed by atoms with E-state index in [9.17, 15) is 9.59 Å². The third-order valence-corrected chi connectivity index (χ3v) is 6.48. The minimum atomic E-state index is 0.00180. The number of thioether (sulfide) groups is 1. The van der Waals surface area contributed by atoms with E-state index in [2.05, 4.69) is 15.5 Å². The molecule has 9 heteroatoms. The van der Waals surface area contributed by atoms with E-state index in [1.165, 1.54) is 23.1 Å². The van der Waals surface area contributed by atoms with Crippen LogP contribution in [0.25, 0.3) is 0 Å². The number of nitrogens with zero attached hydrogens (tertiary/aromatic N) is 3. The molecule has 0 aromatic carbocycles. The Morgan fingerprint density at radius 1 is 1.35 bits per heavy atom. The number of nitrogens with one attached hydrogen (secondary N) is 1. The fraction of sp³-hybridized carbons (Fsp3) is 0.529. The summed E-state index contributed by atoms with van der Waals surface area (Å²) in [5, 5.41) is 11.1. The van der Waals surface area contributed by atoms with E-state index in [1.807, 2.05) is 17.0 Å². The van der Waals surface area contributed by atoms with Gasteiger partial charge in [-0.15, -0.1) is 21.5 Å². The molecule has 2 aliphatic rings. The quantitative estimate of drug-likeness (QED) is 0.761. The smallest absolute Gasteiger partial charge is 0.277 e. The molecule has 26 heavy (non-hydrogen) atoms.